The lowest BCUT2D eigenvalue weighted by Gasteiger charge is -2.34. The lowest BCUT2D eigenvalue weighted by Crippen LogP contribution is -2.48. The van der Waals surface area contributed by atoms with Crippen molar-refractivity contribution in [1.29, 1.82) is 0 Å². The van der Waals surface area contributed by atoms with Crippen LogP contribution in [-0.4, -0.2) is 78.1 Å². The van der Waals surface area contributed by atoms with Gasteiger partial charge in [0.25, 0.3) is 0 Å². The van der Waals surface area contributed by atoms with Gasteiger partial charge in [-0.3, -0.25) is 9.69 Å². The molecule has 35 heavy (non-hydrogen) atoms. The van der Waals surface area contributed by atoms with E-state index in [1.54, 1.807) is 51.5 Å². The Morgan fingerprint density at radius 2 is 1.57 bits per heavy atom. The summed E-state index contributed by atoms with van der Waals surface area (Å²) in [5, 5.41) is 0. The van der Waals surface area contributed by atoms with Gasteiger partial charge in [-0.25, -0.2) is 8.42 Å². The number of carbonyl (C=O) groups excluding carboxylic acids is 1. The summed E-state index contributed by atoms with van der Waals surface area (Å²) in [6.45, 7) is 6.15. The number of piperazine rings is 1. The molecular weight excluding hydrogens is 470 g/mol. The summed E-state index contributed by atoms with van der Waals surface area (Å²) in [6, 6.07) is 8.77. The number of hydrogen-bond acceptors (Lipinski definition) is 7. The van der Waals surface area contributed by atoms with Gasteiger partial charge in [0.05, 0.1) is 31.6 Å². The van der Waals surface area contributed by atoms with Crippen molar-refractivity contribution in [1.82, 2.24) is 9.21 Å². The Hall–Kier alpha value is -2.82. The summed E-state index contributed by atoms with van der Waals surface area (Å²) in [6.07, 6.45) is 0. The van der Waals surface area contributed by atoms with E-state index in [4.69, 9.17) is 14.2 Å². The number of anilines is 1. The zero-order chi connectivity index (χ0) is 25.5. The van der Waals surface area contributed by atoms with Gasteiger partial charge in [0.1, 0.15) is 0 Å². The highest BCUT2D eigenvalue weighted by Gasteiger charge is 2.43. The maximum absolute atomic E-state index is 13.4. The van der Waals surface area contributed by atoms with Crippen LogP contribution < -0.4 is 19.1 Å². The van der Waals surface area contributed by atoms with Crippen molar-refractivity contribution >= 4 is 21.6 Å². The maximum atomic E-state index is 13.4. The quantitative estimate of drug-likeness (QED) is 0.574. The number of hydrogen-bond donors (Lipinski definition) is 0. The van der Waals surface area contributed by atoms with Crippen LogP contribution in [0.5, 0.6) is 17.2 Å². The fourth-order valence-corrected chi connectivity index (χ4v) is 6.37. The summed E-state index contributed by atoms with van der Waals surface area (Å²) < 4.78 is 44.8. The molecule has 1 fully saturated rings. The number of nitrogens with zero attached hydrogens (tertiary/aromatic N) is 3. The predicted octanol–water partition coefficient (Wildman–Crippen LogP) is 2.47. The van der Waals surface area contributed by atoms with Crippen molar-refractivity contribution in [2.75, 3.05) is 59.5 Å². The average molecular weight is 504 g/mol. The Kier molecular flexibility index (Phi) is 6.74. The molecule has 2 aliphatic heterocycles. The van der Waals surface area contributed by atoms with E-state index in [0.717, 1.165) is 16.8 Å². The van der Waals surface area contributed by atoms with Crippen LogP contribution in [-0.2, 0) is 26.8 Å². The molecule has 190 valence electrons. The summed E-state index contributed by atoms with van der Waals surface area (Å²) in [5.41, 5.74) is 1.68. The zero-order valence-corrected chi connectivity index (χ0v) is 21.9. The first-order valence-electron chi connectivity index (χ1n) is 11.5. The van der Waals surface area contributed by atoms with Crippen molar-refractivity contribution in [3.05, 3.63) is 41.5 Å². The highest BCUT2D eigenvalue weighted by molar-refractivity contribution is 7.89. The Morgan fingerprint density at radius 3 is 2.17 bits per heavy atom. The number of ether oxygens (including phenoxy) is 3. The number of rotatable bonds is 7. The van der Waals surface area contributed by atoms with E-state index >= 15 is 0 Å². The molecule has 4 rings (SSSR count). The lowest BCUT2D eigenvalue weighted by molar-refractivity contribution is -0.121. The molecule has 0 atom stereocenters. The van der Waals surface area contributed by atoms with Gasteiger partial charge in [-0.1, -0.05) is 6.07 Å². The highest BCUT2D eigenvalue weighted by Crippen LogP contribution is 2.42. The Balaban J connectivity index is 1.49. The SMILES string of the molecule is COc1ccc(CN2CCN(S(=O)(=O)c3ccc4c(c3)C(C)(C)C(=O)N4C)CC2)c(OC)c1OC. The molecule has 2 aromatic carbocycles. The van der Waals surface area contributed by atoms with E-state index in [2.05, 4.69) is 4.90 Å². The number of amides is 1. The van der Waals surface area contributed by atoms with E-state index in [-0.39, 0.29) is 10.8 Å². The van der Waals surface area contributed by atoms with Gasteiger partial charge in [-0.2, -0.15) is 4.31 Å². The molecule has 0 unspecified atom stereocenters. The second-order valence-corrected chi connectivity index (χ2v) is 11.3. The molecular formula is C25H33N3O6S. The van der Waals surface area contributed by atoms with Gasteiger partial charge in [0, 0.05) is 51.0 Å². The van der Waals surface area contributed by atoms with E-state index in [1.165, 1.54) is 4.31 Å². The number of methoxy groups -OCH3 is 3. The van der Waals surface area contributed by atoms with Crippen LogP contribution in [0.1, 0.15) is 25.0 Å². The molecule has 0 radical (unpaired) electrons. The van der Waals surface area contributed by atoms with Crippen molar-refractivity contribution in [2.45, 2.75) is 30.7 Å². The molecule has 0 bridgehead atoms. The zero-order valence-electron chi connectivity index (χ0n) is 21.1. The van der Waals surface area contributed by atoms with Crippen LogP contribution in [0.3, 0.4) is 0 Å². The average Bonchev–Trinajstić information content (AvgIpc) is 3.03. The fourth-order valence-electron chi connectivity index (χ4n) is 4.92. The Morgan fingerprint density at radius 1 is 0.914 bits per heavy atom. The van der Waals surface area contributed by atoms with E-state index < -0.39 is 15.4 Å². The minimum Gasteiger partial charge on any atom is -0.493 e. The van der Waals surface area contributed by atoms with Gasteiger partial charge in [0.15, 0.2) is 11.5 Å². The fraction of sp³-hybridized carbons (Fsp3) is 0.480. The van der Waals surface area contributed by atoms with Crippen molar-refractivity contribution in [3.8, 4) is 17.2 Å². The van der Waals surface area contributed by atoms with E-state index in [1.807, 2.05) is 26.0 Å². The van der Waals surface area contributed by atoms with Gasteiger partial charge in [-0.15, -0.1) is 0 Å². The molecule has 0 spiro atoms. The molecule has 1 saturated heterocycles. The smallest absolute Gasteiger partial charge is 0.243 e. The van der Waals surface area contributed by atoms with Crippen LogP contribution >= 0.6 is 0 Å². The summed E-state index contributed by atoms with van der Waals surface area (Å²) in [7, 11) is 2.78. The van der Waals surface area contributed by atoms with Gasteiger partial charge >= 0.3 is 0 Å². The second kappa shape index (κ2) is 9.33. The molecule has 0 aliphatic carbocycles. The van der Waals surface area contributed by atoms with Crippen molar-refractivity contribution in [3.63, 3.8) is 0 Å². The van der Waals surface area contributed by atoms with Gasteiger partial charge in [0.2, 0.25) is 21.7 Å². The monoisotopic (exact) mass is 503 g/mol. The highest BCUT2D eigenvalue weighted by atomic mass is 32.2. The van der Waals surface area contributed by atoms with Gasteiger partial charge < -0.3 is 19.1 Å². The number of sulfonamides is 1. The first-order valence-corrected chi connectivity index (χ1v) is 12.9. The van der Waals surface area contributed by atoms with Gasteiger partial charge in [-0.05, 0) is 43.7 Å². The van der Waals surface area contributed by atoms with Crippen molar-refractivity contribution < 1.29 is 27.4 Å². The first-order chi connectivity index (χ1) is 16.6. The third kappa shape index (κ3) is 4.23. The Bertz CT molecular complexity index is 1240. The minimum absolute atomic E-state index is 0.0405. The predicted molar refractivity (Wildman–Crippen MR) is 133 cm³/mol. The van der Waals surface area contributed by atoms with Crippen LogP contribution in [0.2, 0.25) is 0 Å². The molecule has 0 aromatic heterocycles. The third-order valence-corrected chi connectivity index (χ3v) is 8.89. The van der Waals surface area contributed by atoms with Crippen LogP contribution in [0.15, 0.2) is 35.2 Å². The minimum atomic E-state index is -3.68. The molecule has 0 saturated carbocycles. The van der Waals surface area contributed by atoms with E-state index in [9.17, 15) is 13.2 Å². The molecule has 9 nitrogen and oxygen atoms in total. The topological polar surface area (TPSA) is 88.6 Å². The summed E-state index contributed by atoms with van der Waals surface area (Å²) >= 11 is 0. The standard InChI is InChI=1S/C25H33N3O6S/c1-25(2)19-15-18(8-9-20(19)26(3)24(25)29)35(30,31)28-13-11-27(12-14-28)16-17-7-10-21(32-4)23(34-6)22(17)33-5/h7-10,15H,11-14,16H2,1-6H3. The normalized spacial score (nSPS) is 18.5. The number of likely N-dealkylation sites (N-methyl/N-ethyl adjacent to an activating group) is 1. The van der Waals surface area contributed by atoms with Crippen LogP contribution in [0.25, 0.3) is 0 Å². The van der Waals surface area contributed by atoms with Crippen molar-refractivity contribution in [2.24, 2.45) is 0 Å². The summed E-state index contributed by atoms with van der Waals surface area (Å²) in [5.74, 6) is 1.70. The molecule has 2 aromatic rings. The second-order valence-electron chi connectivity index (χ2n) is 9.34. The molecule has 2 aliphatic rings. The number of benzene rings is 2. The molecule has 1 amide bonds. The largest absolute Gasteiger partial charge is 0.493 e. The molecule has 2 heterocycles. The van der Waals surface area contributed by atoms with Crippen LogP contribution in [0.4, 0.5) is 5.69 Å². The maximum Gasteiger partial charge on any atom is 0.243 e. The Labute approximate surface area is 207 Å². The third-order valence-electron chi connectivity index (χ3n) is 6.99. The van der Waals surface area contributed by atoms with Crippen LogP contribution in [0, 0.1) is 0 Å². The lowest BCUT2D eigenvalue weighted by atomic mass is 9.86. The van der Waals surface area contributed by atoms with E-state index in [0.29, 0.717) is 50.0 Å². The number of fused-ring (bicyclic) bond motifs is 1. The first kappa shape index (κ1) is 25.3. The molecule has 10 heteroatoms. The number of carbonyl (C=O) groups is 1. The summed E-state index contributed by atoms with van der Waals surface area (Å²) in [4.78, 5) is 16.6. The molecule has 0 N–H and O–H groups in total.